The molecule has 0 saturated carbocycles. The summed E-state index contributed by atoms with van der Waals surface area (Å²) in [5.74, 6) is -0.0225. The molecule has 3 heterocycles. The maximum Gasteiger partial charge on any atom is 0.253 e. The van der Waals surface area contributed by atoms with E-state index in [-0.39, 0.29) is 18.0 Å². The number of nitrogens with one attached hydrogen (secondary N) is 2. The van der Waals surface area contributed by atoms with E-state index in [0.717, 1.165) is 53.8 Å². The molecule has 1 fully saturated rings. The fourth-order valence-electron chi connectivity index (χ4n) is 4.61. The summed E-state index contributed by atoms with van der Waals surface area (Å²) in [4.78, 5) is 18.7. The number of halogens is 1. The molecular formula is C26H32ClN5O2. The highest BCUT2D eigenvalue weighted by atomic mass is 35.5. The molecule has 180 valence electrons. The van der Waals surface area contributed by atoms with Gasteiger partial charge in [0, 0.05) is 42.1 Å². The van der Waals surface area contributed by atoms with Gasteiger partial charge >= 0.3 is 0 Å². The monoisotopic (exact) mass is 481 g/mol. The third kappa shape index (κ3) is 5.49. The number of amides is 1. The Morgan fingerprint density at radius 3 is 2.65 bits per heavy atom. The standard InChI is InChI=1S/C26H32ClN5O2/c1-4-21-16(2)23(31-30-21)15-32(3)26(34)18-7-5-17(6-8-18)13-20-10-11-22(29-20)25(33)19-9-12-24(27)28-14-19/h5-9,12,14,20,22,25,29,33H,4,10-11,13,15H2,1-3H3,(H,30,31)/t20-,22+,25+/m0/s1. The minimum atomic E-state index is -0.614. The molecule has 1 amide bonds. The number of aromatic amines is 1. The molecule has 8 heteroatoms. The van der Waals surface area contributed by atoms with Crippen LogP contribution < -0.4 is 5.32 Å². The Morgan fingerprint density at radius 2 is 2.00 bits per heavy atom. The number of carbonyl (C=O) groups is 1. The van der Waals surface area contributed by atoms with Crippen LogP contribution >= 0.6 is 11.6 Å². The summed E-state index contributed by atoms with van der Waals surface area (Å²) in [5.41, 5.74) is 5.74. The molecule has 7 nitrogen and oxygen atoms in total. The molecule has 3 aromatic rings. The van der Waals surface area contributed by atoms with E-state index in [2.05, 4.69) is 27.4 Å². The van der Waals surface area contributed by atoms with E-state index in [1.807, 2.05) is 37.3 Å². The molecule has 1 saturated heterocycles. The van der Waals surface area contributed by atoms with Crippen molar-refractivity contribution in [3.8, 4) is 0 Å². The molecule has 3 N–H and O–H groups in total. The number of pyridine rings is 1. The van der Waals surface area contributed by atoms with Crippen molar-refractivity contribution in [1.29, 1.82) is 0 Å². The first kappa shape index (κ1) is 24.4. The molecule has 4 rings (SSSR count). The highest BCUT2D eigenvalue weighted by Gasteiger charge is 2.30. The van der Waals surface area contributed by atoms with Crippen molar-refractivity contribution >= 4 is 17.5 Å². The number of nitrogens with zero attached hydrogens (tertiary/aromatic N) is 3. The Bertz CT molecular complexity index is 1110. The largest absolute Gasteiger partial charge is 0.387 e. The van der Waals surface area contributed by atoms with Crippen LogP contribution in [0, 0.1) is 6.92 Å². The molecule has 2 aromatic heterocycles. The minimum Gasteiger partial charge on any atom is -0.387 e. The van der Waals surface area contributed by atoms with E-state index >= 15 is 0 Å². The summed E-state index contributed by atoms with van der Waals surface area (Å²) in [6, 6.07) is 11.6. The highest BCUT2D eigenvalue weighted by molar-refractivity contribution is 6.29. The van der Waals surface area contributed by atoms with E-state index in [1.165, 1.54) is 0 Å². The number of aliphatic hydroxyl groups excluding tert-OH is 1. The third-order valence-corrected chi connectivity index (χ3v) is 6.95. The lowest BCUT2D eigenvalue weighted by Gasteiger charge is -2.20. The zero-order chi connectivity index (χ0) is 24.2. The van der Waals surface area contributed by atoms with Gasteiger partial charge in [0.05, 0.1) is 18.3 Å². The van der Waals surface area contributed by atoms with Crippen molar-refractivity contribution in [1.82, 2.24) is 25.4 Å². The van der Waals surface area contributed by atoms with Gasteiger partial charge in [0.25, 0.3) is 5.91 Å². The number of benzene rings is 1. The van der Waals surface area contributed by atoms with Crippen molar-refractivity contribution in [2.45, 2.75) is 64.3 Å². The number of rotatable bonds is 8. The van der Waals surface area contributed by atoms with Crippen molar-refractivity contribution in [3.05, 3.63) is 81.4 Å². The first-order valence-electron chi connectivity index (χ1n) is 11.8. The van der Waals surface area contributed by atoms with E-state index in [9.17, 15) is 9.90 Å². The summed E-state index contributed by atoms with van der Waals surface area (Å²) in [6.45, 7) is 4.60. The summed E-state index contributed by atoms with van der Waals surface area (Å²) in [7, 11) is 1.81. The van der Waals surface area contributed by atoms with Crippen molar-refractivity contribution in [2.75, 3.05) is 7.05 Å². The predicted octanol–water partition coefficient (Wildman–Crippen LogP) is 4.00. The predicted molar refractivity (Wildman–Crippen MR) is 133 cm³/mol. The number of aliphatic hydroxyl groups is 1. The van der Waals surface area contributed by atoms with Crippen LogP contribution in [0.5, 0.6) is 0 Å². The molecule has 0 spiro atoms. The molecular weight excluding hydrogens is 450 g/mol. The van der Waals surface area contributed by atoms with Crippen LogP contribution in [-0.2, 0) is 19.4 Å². The Labute approximate surface area is 205 Å². The van der Waals surface area contributed by atoms with E-state index in [0.29, 0.717) is 17.3 Å². The molecule has 0 aliphatic carbocycles. The van der Waals surface area contributed by atoms with Crippen molar-refractivity contribution < 1.29 is 9.90 Å². The number of H-pyrrole nitrogens is 1. The molecule has 0 radical (unpaired) electrons. The van der Waals surface area contributed by atoms with Gasteiger partial charge in [-0.25, -0.2) is 4.98 Å². The molecule has 0 unspecified atom stereocenters. The molecule has 1 aliphatic heterocycles. The summed E-state index contributed by atoms with van der Waals surface area (Å²) in [5, 5.41) is 22.1. The Morgan fingerprint density at radius 1 is 1.24 bits per heavy atom. The number of hydrogen-bond donors (Lipinski definition) is 3. The number of aryl methyl sites for hydroxylation is 1. The van der Waals surface area contributed by atoms with Crippen molar-refractivity contribution in [3.63, 3.8) is 0 Å². The summed E-state index contributed by atoms with van der Waals surface area (Å²) < 4.78 is 0. The van der Waals surface area contributed by atoms with Gasteiger partial charge in [0.15, 0.2) is 0 Å². The smallest absolute Gasteiger partial charge is 0.253 e. The van der Waals surface area contributed by atoms with Crippen molar-refractivity contribution in [2.24, 2.45) is 0 Å². The van der Waals surface area contributed by atoms with Gasteiger partial charge in [-0.1, -0.05) is 36.7 Å². The molecule has 1 aliphatic rings. The van der Waals surface area contributed by atoms with Crippen LogP contribution in [0.2, 0.25) is 5.15 Å². The lowest BCUT2D eigenvalue weighted by atomic mass is 10.0. The van der Waals surface area contributed by atoms with Gasteiger partial charge < -0.3 is 15.3 Å². The highest BCUT2D eigenvalue weighted by Crippen LogP contribution is 2.27. The molecule has 1 aromatic carbocycles. The van der Waals surface area contributed by atoms with Gasteiger partial charge in [0.2, 0.25) is 0 Å². The normalized spacial score (nSPS) is 18.7. The second-order valence-electron chi connectivity index (χ2n) is 9.10. The fraction of sp³-hybridized carbons (Fsp3) is 0.423. The average molecular weight is 482 g/mol. The Hall–Kier alpha value is -2.74. The lowest BCUT2D eigenvalue weighted by molar-refractivity contribution is 0.0783. The van der Waals surface area contributed by atoms with Gasteiger partial charge in [-0.3, -0.25) is 9.89 Å². The zero-order valence-corrected chi connectivity index (χ0v) is 20.6. The lowest BCUT2D eigenvalue weighted by Crippen LogP contribution is -2.35. The quantitative estimate of drug-likeness (QED) is 0.423. The Kier molecular flexibility index (Phi) is 7.66. The molecule has 3 atom stereocenters. The zero-order valence-electron chi connectivity index (χ0n) is 19.9. The first-order valence-corrected chi connectivity index (χ1v) is 12.2. The Balaban J connectivity index is 1.31. The number of carbonyl (C=O) groups excluding carboxylic acids is 1. The molecule has 34 heavy (non-hydrogen) atoms. The van der Waals surface area contributed by atoms with Crippen LogP contribution in [0.15, 0.2) is 42.6 Å². The summed E-state index contributed by atoms with van der Waals surface area (Å²) >= 11 is 5.85. The third-order valence-electron chi connectivity index (χ3n) is 6.73. The second-order valence-corrected chi connectivity index (χ2v) is 9.48. The van der Waals surface area contributed by atoms with Crippen LogP contribution in [0.1, 0.15) is 64.3 Å². The molecule has 0 bridgehead atoms. The van der Waals surface area contributed by atoms with E-state index in [1.54, 1.807) is 24.2 Å². The van der Waals surface area contributed by atoms with Crippen LogP contribution in [-0.4, -0.2) is 50.2 Å². The van der Waals surface area contributed by atoms with Crippen LogP contribution in [0.4, 0.5) is 0 Å². The average Bonchev–Trinajstić information content (AvgIpc) is 3.45. The maximum absolute atomic E-state index is 12.9. The maximum atomic E-state index is 12.9. The van der Waals surface area contributed by atoms with Gasteiger partial charge in [-0.15, -0.1) is 0 Å². The second kappa shape index (κ2) is 10.7. The summed E-state index contributed by atoms with van der Waals surface area (Å²) in [6.07, 6.45) is 4.63. The van der Waals surface area contributed by atoms with Gasteiger partial charge in [0.1, 0.15) is 5.15 Å². The fourth-order valence-corrected chi connectivity index (χ4v) is 4.73. The SMILES string of the molecule is CCc1[nH]nc(CN(C)C(=O)c2ccc(C[C@@H]3CC[C@H]([C@H](O)c4ccc(Cl)nc4)N3)cc2)c1C. The number of hydrogen-bond acceptors (Lipinski definition) is 5. The van der Waals surface area contributed by atoms with Gasteiger partial charge in [-0.2, -0.15) is 5.10 Å². The number of aromatic nitrogens is 3. The topological polar surface area (TPSA) is 94.1 Å². The van der Waals surface area contributed by atoms with Crippen LogP contribution in [0.25, 0.3) is 0 Å². The van der Waals surface area contributed by atoms with E-state index < -0.39 is 6.10 Å². The van der Waals surface area contributed by atoms with Gasteiger partial charge in [-0.05, 0) is 61.9 Å². The van der Waals surface area contributed by atoms with E-state index in [4.69, 9.17) is 11.6 Å². The first-order chi connectivity index (χ1) is 16.4. The van der Waals surface area contributed by atoms with Crippen LogP contribution in [0.3, 0.4) is 0 Å². The minimum absolute atomic E-state index is 0.0128.